The quantitative estimate of drug-likeness (QED) is 0.283. The summed E-state index contributed by atoms with van der Waals surface area (Å²) >= 11 is 10.1. The molecule has 31 heavy (non-hydrogen) atoms. The molecule has 0 unspecified atom stereocenters. The molecule has 1 aromatic heterocycles. The maximum atomic E-state index is 12.4. The highest BCUT2D eigenvalue weighted by Gasteiger charge is 2.27. The van der Waals surface area contributed by atoms with Gasteiger partial charge in [0.2, 0.25) is 0 Å². The van der Waals surface area contributed by atoms with E-state index in [4.69, 9.17) is 24.4 Å². The molecule has 0 fully saturated rings. The minimum Gasteiger partial charge on any atom is -0.362 e. The summed E-state index contributed by atoms with van der Waals surface area (Å²) in [7, 11) is 0. The van der Waals surface area contributed by atoms with E-state index in [9.17, 15) is 13.2 Å². The van der Waals surface area contributed by atoms with Crippen molar-refractivity contribution in [2.45, 2.75) is 13.1 Å². The minimum absolute atomic E-state index is 0.290. The number of pyridine rings is 1. The van der Waals surface area contributed by atoms with Gasteiger partial charge in [0.15, 0.2) is 10.2 Å². The number of benzene rings is 1. The van der Waals surface area contributed by atoms with Crippen LogP contribution >= 0.6 is 24.4 Å². The van der Waals surface area contributed by atoms with Crippen LogP contribution in [0.25, 0.3) is 0 Å². The van der Waals surface area contributed by atoms with E-state index in [1.54, 1.807) is 48.7 Å². The van der Waals surface area contributed by atoms with Crippen LogP contribution in [0.4, 0.5) is 13.2 Å². The molecule has 0 radical (unpaired) electrons. The number of halogens is 3. The van der Waals surface area contributed by atoms with Crippen LogP contribution < -0.4 is 21.5 Å². The summed E-state index contributed by atoms with van der Waals surface area (Å²) in [6.07, 6.45) is -2.83. The number of thiocarbonyl (C=S) groups is 2. The molecule has 0 aliphatic carbocycles. The molecule has 0 aliphatic heterocycles. The minimum atomic E-state index is -4.41. The van der Waals surface area contributed by atoms with Crippen LogP contribution in [0.3, 0.4) is 0 Å². The van der Waals surface area contributed by atoms with Crippen molar-refractivity contribution in [3.63, 3.8) is 0 Å². The van der Waals surface area contributed by atoms with Crippen molar-refractivity contribution in [2.75, 3.05) is 13.1 Å². The molecule has 0 spiro atoms. The first kappa shape index (κ1) is 24.2. The largest absolute Gasteiger partial charge is 0.405 e. The number of hydrogen-bond acceptors (Lipinski definition) is 5. The van der Waals surface area contributed by atoms with Crippen molar-refractivity contribution >= 4 is 46.1 Å². The lowest BCUT2D eigenvalue weighted by molar-refractivity contribution is -0.122. The average molecular weight is 468 g/mol. The van der Waals surface area contributed by atoms with Gasteiger partial charge in [-0.25, -0.2) is 0 Å². The van der Waals surface area contributed by atoms with Gasteiger partial charge >= 0.3 is 6.18 Å². The summed E-state index contributed by atoms with van der Waals surface area (Å²) < 4.78 is 37.3. The molecular weight excluding hydrogens is 447 g/mol. The first-order valence-electron chi connectivity index (χ1n) is 9.07. The number of aromatic nitrogens is 1. The number of rotatable bonds is 7. The molecule has 12 heteroatoms. The highest BCUT2D eigenvalue weighted by molar-refractivity contribution is 7.80. The number of nitrogens with zero attached hydrogens (tertiary/aromatic N) is 3. The Labute approximate surface area is 188 Å². The zero-order valence-electron chi connectivity index (χ0n) is 16.4. The molecule has 1 aromatic carbocycles. The molecule has 1 heterocycles. The first-order valence-corrected chi connectivity index (χ1v) is 9.89. The van der Waals surface area contributed by atoms with Crippen molar-refractivity contribution in [1.82, 2.24) is 26.5 Å². The van der Waals surface area contributed by atoms with E-state index in [-0.39, 0.29) is 5.11 Å². The average Bonchev–Trinajstić information content (AvgIpc) is 2.75. The van der Waals surface area contributed by atoms with Gasteiger partial charge in [0.1, 0.15) is 18.0 Å². The molecule has 0 saturated heterocycles. The third-order valence-corrected chi connectivity index (χ3v) is 3.98. The second-order valence-corrected chi connectivity index (χ2v) is 6.70. The lowest BCUT2D eigenvalue weighted by Crippen LogP contribution is -2.39. The lowest BCUT2D eigenvalue weighted by atomic mass is 10.0. The summed E-state index contributed by atoms with van der Waals surface area (Å²) in [4.78, 5) is 4.30. The van der Waals surface area contributed by atoms with Gasteiger partial charge in [-0.3, -0.25) is 15.8 Å². The Morgan fingerprint density at radius 3 is 2.10 bits per heavy atom. The second kappa shape index (κ2) is 11.9. The summed E-state index contributed by atoms with van der Waals surface area (Å²) in [6, 6.07) is 14.2. The van der Waals surface area contributed by atoms with E-state index in [2.05, 4.69) is 36.7 Å². The number of hydrogen-bond donors (Lipinski definition) is 4. The summed E-state index contributed by atoms with van der Waals surface area (Å²) in [6.45, 7) is 1.20. The molecule has 0 aliphatic rings. The van der Waals surface area contributed by atoms with E-state index < -0.39 is 12.7 Å². The normalized spacial score (nSPS) is 12.1. The topological polar surface area (TPSA) is 85.7 Å². The zero-order chi connectivity index (χ0) is 22.7. The molecule has 164 valence electrons. The van der Waals surface area contributed by atoms with Gasteiger partial charge in [-0.15, -0.1) is 0 Å². The van der Waals surface area contributed by atoms with E-state index in [1.807, 2.05) is 13.0 Å². The van der Waals surface area contributed by atoms with Crippen LogP contribution in [0.2, 0.25) is 0 Å². The zero-order valence-corrected chi connectivity index (χ0v) is 18.0. The molecule has 0 atom stereocenters. The highest BCUT2D eigenvalue weighted by atomic mass is 32.1. The fourth-order valence-electron chi connectivity index (χ4n) is 2.22. The standard InChI is InChI=1S/C19H20F3N7S2/c1-2-23-17(30)28-27-16(14-10-6-7-11-24-14)15(13-8-4-3-5-9-13)26-29-18(31)25-12-19(20,21)22/h3-11H,2,12H2,1H3,(H2,23,28,30)(H2,25,29,31). The summed E-state index contributed by atoms with van der Waals surface area (Å²) in [5, 5.41) is 13.5. The van der Waals surface area contributed by atoms with Crippen LogP contribution in [0.15, 0.2) is 64.9 Å². The molecule has 7 nitrogen and oxygen atoms in total. The Bertz CT molecular complexity index is 933. The van der Waals surface area contributed by atoms with Gasteiger partial charge in [-0.2, -0.15) is 23.4 Å². The Balaban J connectivity index is 2.41. The smallest absolute Gasteiger partial charge is 0.362 e. The third kappa shape index (κ3) is 8.64. The van der Waals surface area contributed by atoms with Crippen molar-refractivity contribution in [2.24, 2.45) is 10.2 Å². The fraction of sp³-hybridized carbons (Fsp3) is 0.211. The fourth-order valence-corrected chi connectivity index (χ4v) is 2.53. The second-order valence-electron chi connectivity index (χ2n) is 5.88. The molecule has 4 N–H and O–H groups in total. The van der Waals surface area contributed by atoms with Crippen molar-refractivity contribution in [1.29, 1.82) is 0 Å². The van der Waals surface area contributed by atoms with Gasteiger partial charge < -0.3 is 10.6 Å². The van der Waals surface area contributed by atoms with Gasteiger partial charge in [-0.1, -0.05) is 36.4 Å². The molecule has 2 aromatic rings. The number of hydrazone groups is 2. The van der Waals surface area contributed by atoms with E-state index >= 15 is 0 Å². The predicted molar refractivity (Wildman–Crippen MR) is 123 cm³/mol. The van der Waals surface area contributed by atoms with Gasteiger partial charge in [0.05, 0.1) is 5.69 Å². The third-order valence-electron chi connectivity index (χ3n) is 3.50. The van der Waals surface area contributed by atoms with Crippen molar-refractivity contribution in [3.05, 3.63) is 66.0 Å². The molecule has 0 bridgehead atoms. The molecular formula is C19H20F3N7S2. The predicted octanol–water partition coefficient (Wildman–Crippen LogP) is 2.70. The molecule has 0 saturated carbocycles. The summed E-state index contributed by atoms with van der Waals surface area (Å²) in [5.41, 5.74) is 6.86. The highest BCUT2D eigenvalue weighted by Crippen LogP contribution is 2.12. The first-order chi connectivity index (χ1) is 14.8. The number of nitrogens with one attached hydrogen (secondary N) is 4. The van der Waals surface area contributed by atoms with Gasteiger partial charge in [0.25, 0.3) is 0 Å². The van der Waals surface area contributed by atoms with E-state index in [1.165, 1.54) is 0 Å². The van der Waals surface area contributed by atoms with Crippen LogP contribution in [0, 0.1) is 0 Å². The lowest BCUT2D eigenvalue weighted by Gasteiger charge is -2.13. The van der Waals surface area contributed by atoms with Gasteiger partial charge in [-0.05, 0) is 43.5 Å². The monoisotopic (exact) mass is 467 g/mol. The van der Waals surface area contributed by atoms with E-state index in [0.717, 1.165) is 0 Å². The Morgan fingerprint density at radius 1 is 0.903 bits per heavy atom. The number of alkyl halides is 3. The van der Waals surface area contributed by atoms with E-state index in [0.29, 0.717) is 34.3 Å². The summed E-state index contributed by atoms with van der Waals surface area (Å²) in [5.74, 6) is 0. The maximum Gasteiger partial charge on any atom is 0.405 e. The van der Waals surface area contributed by atoms with Crippen molar-refractivity contribution < 1.29 is 13.2 Å². The maximum absolute atomic E-state index is 12.4. The molecule has 2 rings (SSSR count). The van der Waals surface area contributed by atoms with Crippen LogP contribution in [-0.2, 0) is 0 Å². The van der Waals surface area contributed by atoms with Crippen LogP contribution in [0.1, 0.15) is 18.2 Å². The Morgan fingerprint density at radius 2 is 1.52 bits per heavy atom. The Hall–Kier alpha value is -3.12. The molecule has 0 amide bonds. The van der Waals surface area contributed by atoms with Gasteiger partial charge in [0, 0.05) is 18.3 Å². The van der Waals surface area contributed by atoms with Crippen LogP contribution in [-0.4, -0.2) is 45.9 Å². The SMILES string of the molecule is CCNC(=S)NN=C(C(=NNC(=S)NCC(F)(F)F)c1ccccc1)c1ccccn1. The van der Waals surface area contributed by atoms with Crippen molar-refractivity contribution in [3.8, 4) is 0 Å². The Kier molecular flexibility index (Phi) is 9.28. The van der Waals surface area contributed by atoms with Crippen LogP contribution in [0.5, 0.6) is 0 Å².